The molecule has 0 spiro atoms. The molecule has 4 nitrogen and oxygen atoms in total. The molecule has 116 valence electrons. The molecule has 0 aliphatic heterocycles. The summed E-state index contributed by atoms with van der Waals surface area (Å²) in [5, 5.41) is 6.37. The van der Waals surface area contributed by atoms with Gasteiger partial charge >= 0.3 is 6.09 Å². The first-order valence-electron chi connectivity index (χ1n) is 6.94. The van der Waals surface area contributed by atoms with Crippen LogP contribution in [0.3, 0.4) is 0 Å². The summed E-state index contributed by atoms with van der Waals surface area (Å²) in [5.74, 6) is 0. The molecule has 0 atom stereocenters. The summed E-state index contributed by atoms with van der Waals surface area (Å²) in [7, 11) is 0. The van der Waals surface area contributed by atoms with Crippen LogP contribution in [0.25, 0.3) is 0 Å². The van der Waals surface area contributed by atoms with Crippen molar-refractivity contribution in [3.63, 3.8) is 0 Å². The molecule has 1 aliphatic carbocycles. The van der Waals surface area contributed by atoms with Gasteiger partial charge in [-0.25, -0.2) is 4.79 Å². The maximum absolute atomic E-state index is 11.7. The van der Waals surface area contributed by atoms with E-state index in [1.165, 1.54) is 0 Å². The van der Waals surface area contributed by atoms with E-state index in [9.17, 15) is 4.79 Å². The molecular weight excluding hydrogens is 400 g/mol. The Morgan fingerprint density at radius 2 is 1.76 bits per heavy atom. The van der Waals surface area contributed by atoms with Crippen molar-refractivity contribution in [1.29, 1.82) is 0 Å². The number of nitrogens with one attached hydrogen (secondary N) is 2. The number of carbonyl (C=O) groups is 1. The van der Waals surface area contributed by atoms with Crippen molar-refractivity contribution in [2.45, 2.75) is 51.3 Å². The van der Waals surface area contributed by atoms with Gasteiger partial charge in [-0.2, -0.15) is 0 Å². The molecule has 1 amide bonds. The van der Waals surface area contributed by atoms with E-state index in [4.69, 9.17) is 4.74 Å². The normalized spacial score (nSPS) is 21.4. The summed E-state index contributed by atoms with van der Waals surface area (Å²) in [6.07, 6.45) is 1.45. The number of benzene rings is 1. The number of alkyl carbamates (subject to hydrolysis) is 1. The quantitative estimate of drug-likeness (QED) is 0.747. The third-order valence-corrected chi connectivity index (χ3v) is 4.49. The SMILES string of the molecule is CC(C)(C)OC(=O)NC1CC(Nc2c(Br)cccc2Br)C1. The lowest BCUT2D eigenvalue weighted by Gasteiger charge is -2.37. The molecule has 2 N–H and O–H groups in total. The third kappa shape index (κ3) is 4.88. The van der Waals surface area contributed by atoms with Gasteiger partial charge in [0.2, 0.25) is 0 Å². The van der Waals surface area contributed by atoms with Crippen LogP contribution in [0.1, 0.15) is 33.6 Å². The van der Waals surface area contributed by atoms with Gasteiger partial charge in [0.05, 0.1) is 5.69 Å². The summed E-state index contributed by atoms with van der Waals surface area (Å²) in [6, 6.07) is 6.52. The molecule has 1 aliphatic rings. The zero-order valence-electron chi connectivity index (χ0n) is 12.4. The molecule has 1 aromatic rings. The van der Waals surface area contributed by atoms with Gasteiger partial charge in [-0.05, 0) is 77.6 Å². The van der Waals surface area contributed by atoms with Crippen molar-refractivity contribution in [3.05, 3.63) is 27.1 Å². The van der Waals surface area contributed by atoms with Gasteiger partial charge < -0.3 is 15.4 Å². The molecule has 1 aromatic carbocycles. The molecule has 0 unspecified atom stereocenters. The van der Waals surface area contributed by atoms with Crippen molar-refractivity contribution in [2.24, 2.45) is 0 Å². The molecule has 0 radical (unpaired) electrons. The fourth-order valence-corrected chi connectivity index (χ4v) is 3.39. The highest BCUT2D eigenvalue weighted by Gasteiger charge is 2.32. The predicted molar refractivity (Wildman–Crippen MR) is 91.6 cm³/mol. The molecular formula is C15H20Br2N2O2. The molecule has 2 rings (SSSR count). The second-order valence-electron chi connectivity index (χ2n) is 6.25. The standard InChI is InChI=1S/C15H20Br2N2O2/c1-15(2,3)21-14(20)19-10-7-9(8-10)18-13-11(16)5-4-6-12(13)17/h4-6,9-10,18H,7-8H2,1-3H3,(H,19,20). The van der Waals surface area contributed by atoms with E-state index in [1.807, 2.05) is 39.0 Å². The number of para-hydroxylation sites is 1. The lowest BCUT2D eigenvalue weighted by molar-refractivity contribution is 0.0475. The number of halogens is 2. The van der Waals surface area contributed by atoms with Gasteiger partial charge in [-0.1, -0.05) is 6.07 Å². The fourth-order valence-electron chi connectivity index (χ4n) is 2.17. The highest BCUT2D eigenvalue weighted by Crippen LogP contribution is 2.34. The number of hydrogen-bond acceptors (Lipinski definition) is 3. The van der Waals surface area contributed by atoms with Crippen LogP contribution in [0.15, 0.2) is 27.1 Å². The van der Waals surface area contributed by atoms with Crippen molar-refractivity contribution < 1.29 is 9.53 Å². The predicted octanol–water partition coefficient (Wildman–Crippen LogP) is 4.68. The summed E-state index contributed by atoms with van der Waals surface area (Å²) in [4.78, 5) is 11.7. The second-order valence-corrected chi connectivity index (χ2v) is 7.96. The van der Waals surface area contributed by atoms with E-state index in [0.29, 0.717) is 6.04 Å². The molecule has 6 heteroatoms. The average Bonchev–Trinajstić information content (AvgIpc) is 2.27. The lowest BCUT2D eigenvalue weighted by atomic mass is 9.86. The Kier molecular flexibility index (Phi) is 5.20. The van der Waals surface area contributed by atoms with Crippen LogP contribution >= 0.6 is 31.9 Å². The van der Waals surface area contributed by atoms with Crippen molar-refractivity contribution in [1.82, 2.24) is 5.32 Å². The topological polar surface area (TPSA) is 50.4 Å². The van der Waals surface area contributed by atoms with Gasteiger partial charge in [-0.3, -0.25) is 0 Å². The Labute approximate surface area is 142 Å². The number of carbonyl (C=O) groups excluding carboxylic acids is 1. The minimum Gasteiger partial charge on any atom is -0.444 e. The van der Waals surface area contributed by atoms with Gasteiger partial charge in [0, 0.05) is 21.0 Å². The maximum atomic E-state index is 11.7. The highest BCUT2D eigenvalue weighted by atomic mass is 79.9. The molecule has 0 aromatic heterocycles. The molecule has 21 heavy (non-hydrogen) atoms. The number of hydrogen-bond donors (Lipinski definition) is 2. The van der Waals surface area contributed by atoms with E-state index >= 15 is 0 Å². The highest BCUT2D eigenvalue weighted by molar-refractivity contribution is 9.11. The van der Waals surface area contributed by atoms with E-state index < -0.39 is 5.60 Å². The van der Waals surface area contributed by atoms with Crippen LogP contribution in [-0.4, -0.2) is 23.8 Å². The molecule has 1 saturated carbocycles. The molecule has 0 saturated heterocycles. The van der Waals surface area contributed by atoms with E-state index in [-0.39, 0.29) is 12.1 Å². The first-order valence-corrected chi connectivity index (χ1v) is 8.53. The van der Waals surface area contributed by atoms with E-state index in [1.54, 1.807) is 0 Å². The number of anilines is 1. The minimum atomic E-state index is -0.453. The number of amides is 1. The summed E-state index contributed by atoms with van der Waals surface area (Å²) in [6.45, 7) is 5.59. The van der Waals surface area contributed by atoms with Crippen LogP contribution in [0.4, 0.5) is 10.5 Å². The zero-order chi connectivity index (χ0) is 15.6. The smallest absolute Gasteiger partial charge is 0.407 e. The first kappa shape index (κ1) is 16.6. The summed E-state index contributed by atoms with van der Waals surface area (Å²) in [5.41, 5.74) is 0.601. The molecule has 0 bridgehead atoms. The average molecular weight is 420 g/mol. The monoisotopic (exact) mass is 418 g/mol. The lowest BCUT2D eigenvalue weighted by Crippen LogP contribution is -2.50. The fraction of sp³-hybridized carbons (Fsp3) is 0.533. The Hall–Kier alpha value is -0.750. The number of ether oxygens (including phenoxy) is 1. The van der Waals surface area contributed by atoms with Gasteiger partial charge in [-0.15, -0.1) is 0 Å². The third-order valence-electron chi connectivity index (χ3n) is 3.17. The minimum absolute atomic E-state index is 0.179. The summed E-state index contributed by atoms with van der Waals surface area (Å²) < 4.78 is 7.31. The van der Waals surface area contributed by atoms with Crippen molar-refractivity contribution >= 4 is 43.6 Å². The van der Waals surface area contributed by atoms with Gasteiger partial charge in [0.15, 0.2) is 0 Å². The van der Waals surface area contributed by atoms with Crippen LogP contribution in [0, 0.1) is 0 Å². The maximum Gasteiger partial charge on any atom is 0.407 e. The molecule has 1 fully saturated rings. The van der Waals surface area contributed by atoms with Crippen LogP contribution in [0.5, 0.6) is 0 Å². The van der Waals surface area contributed by atoms with Crippen LogP contribution < -0.4 is 10.6 Å². The largest absolute Gasteiger partial charge is 0.444 e. The van der Waals surface area contributed by atoms with Crippen LogP contribution in [-0.2, 0) is 4.74 Å². The second kappa shape index (κ2) is 6.57. The van der Waals surface area contributed by atoms with Crippen molar-refractivity contribution in [3.8, 4) is 0 Å². The van der Waals surface area contributed by atoms with E-state index in [2.05, 4.69) is 42.5 Å². The van der Waals surface area contributed by atoms with Crippen LogP contribution in [0.2, 0.25) is 0 Å². The number of rotatable bonds is 3. The Balaban J connectivity index is 1.78. The van der Waals surface area contributed by atoms with Crippen molar-refractivity contribution in [2.75, 3.05) is 5.32 Å². The molecule has 0 heterocycles. The van der Waals surface area contributed by atoms with E-state index in [0.717, 1.165) is 27.5 Å². The zero-order valence-corrected chi connectivity index (χ0v) is 15.5. The van der Waals surface area contributed by atoms with Gasteiger partial charge in [0.25, 0.3) is 0 Å². The summed E-state index contributed by atoms with van der Waals surface area (Å²) >= 11 is 7.07. The first-order chi connectivity index (χ1) is 9.74. The van der Waals surface area contributed by atoms with Gasteiger partial charge in [0.1, 0.15) is 5.60 Å². The Morgan fingerprint density at radius 1 is 1.19 bits per heavy atom. The Morgan fingerprint density at radius 3 is 2.29 bits per heavy atom. The Bertz CT molecular complexity index is 503.